The Kier molecular flexibility index (Phi) is 8.02. The highest BCUT2D eigenvalue weighted by Crippen LogP contribution is 2.28. The summed E-state index contributed by atoms with van der Waals surface area (Å²) < 4.78 is 41.0. The van der Waals surface area contributed by atoms with Crippen LogP contribution in [0, 0.1) is 17.0 Å². The normalized spacial score (nSPS) is 14.1. The van der Waals surface area contributed by atoms with E-state index in [1.165, 1.54) is 32.4 Å². The molecule has 0 unspecified atom stereocenters. The molecule has 0 spiro atoms. The standard InChI is InChI=1S/C21H24N4O8S/c1-15-3-5-17(12-18(15)25(27)28)34(29,30)23-22-13-16-4-6-19(20(11-16)31-2)33-14-21(26)24-7-9-32-10-8-24/h3-6,11-13,23H,7-10,14H2,1-2H3/b22-13+. The van der Waals surface area contributed by atoms with E-state index in [1.54, 1.807) is 23.1 Å². The van der Waals surface area contributed by atoms with E-state index >= 15 is 0 Å². The number of hydrazone groups is 1. The maximum Gasteiger partial charge on any atom is 0.276 e. The Morgan fingerprint density at radius 1 is 1.24 bits per heavy atom. The number of hydrogen-bond acceptors (Lipinski definition) is 9. The number of ether oxygens (including phenoxy) is 3. The summed E-state index contributed by atoms with van der Waals surface area (Å²) in [6, 6.07) is 8.32. The average molecular weight is 493 g/mol. The summed E-state index contributed by atoms with van der Waals surface area (Å²) in [5, 5.41) is 14.8. The Balaban J connectivity index is 1.65. The monoisotopic (exact) mass is 492 g/mol. The van der Waals surface area contributed by atoms with Crippen LogP contribution in [0.3, 0.4) is 0 Å². The zero-order valence-corrected chi connectivity index (χ0v) is 19.4. The number of morpholine rings is 1. The van der Waals surface area contributed by atoms with Crippen molar-refractivity contribution in [1.82, 2.24) is 9.73 Å². The van der Waals surface area contributed by atoms with Gasteiger partial charge in [-0.05, 0) is 36.8 Å². The Bertz CT molecular complexity index is 1190. The second-order valence-corrected chi connectivity index (χ2v) is 8.91. The predicted octanol–water partition coefficient (Wildman–Crippen LogP) is 1.46. The minimum Gasteiger partial charge on any atom is -0.493 e. The van der Waals surface area contributed by atoms with E-state index in [-0.39, 0.29) is 23.1 Å². The molecule has 1 N–H and O–H groups in total. The summed E-state index contributed by atoms with van der Waals surface area (Å²) >= 11 is 0. The number of methoxy groups -OCH3 is 1. The predicted molar refractivity (Wildman–Crippen MR) is 122 cm³/mol. The molecule has 0 aliphatic carbocycles. The molecule has 1 aliphatic rings. The van der Waals surface area contributed by atoms with Crippen LogP contribution in [0.4, 0.5) is 5.69 Å². The number of carbonyl (C=O) groups is 1. The van der Waals surface area contributed by atoms with Gasteiger partial charge in [-0.2, -0.15) is 13.5 Å². The summed E-state index contributed by atoms with van der Waals surface area (Å²) in [5.74, 6) is 0.506. The molecule has 1 amide bonds. The number of nitro benzene ring substituents is 1. The topological polar surface area (TPSA) is 150 Å². The molecule has 1 heterocycles. The smallest absolute Gasteiger partial charge is 0.276 e. The largest absolute Gasteiger partial charge is 0.493 e. The van der Waals surface area contributed by atoms with Crippen LogP contribution in [0.25, 0.3) is 0 Å². The molecule has 0 atom stereocenters. The molecule has 0 aromatic heterocycles. The zero-order chi connectivity index (χ0) is 24.7. The van der Waals surface area contributed by atoms with E-state index in [0.29, 0.717) is 48.9 Å². The van der Waals surface area contributed by atoms with Crippen LogP contribution < -0.4 is 14.3 Å². The van der Waals surface area contributed by atoms with E-state index in [1.807, 2.05) is 4.83 Å². The minimum atomic E-state index is -4.12. The van der Waals surface area contributed by atoms with Gasteiger partial charge in [-0.1, -0.05) is 6.07 Å². The molecule has 1 saturated heterocycles. The van der Waals surface area contributed by atoms with Crippen LogP contribution in [-0.2, 0) is 19.6 Å². The van der Waals surface area contributed by atoms with Crippen LogP contribution >= 0.6 is 0 Å². The van der Waals surface area contributed by atoms with Gasteiger partial charge in [0.2, 0.25) is 0 Å². The van der Waals surface area contributed by atoms with Crippen molar-refractivity contribution in [3.63, 3.8) is 0 Å². The van der Waals surface area contributed by atoms with E-state index in [2.05, 4.69) is 5.10 Å². The second-order valence-electron chi connectivity index (χ2n) is 7.25. The molecule has 182 valence electrons. The lowest BCUT2D eigenvalue weighted by Crippen LogP contribution is -2.43. The molecule has 13 heteroatoms. The summed E-state index contributed by atoms with van der Waals surface area (Å²) in [7, 11) is -2.68. The van der Waals surface area contributed by atoms with Gasteiger partial charge in [0.1, 0.15) is 0 Å². The summed E-state index contributed by atoms with van der Waals surface area (Å²) in [6.45, 7) is 3.37. The molecule has 1 fully saturated rings. The first-order chi connectivity index (χ1) is 16.2. The van der Waals surface area contributed by atoms with Crippen molar-refractivity contribution in [1.29, 1.82) is 0 Å². The number of amides is 1. The summed E-state index contributed by atoms with van der Waals surface area (Å²) in [5.41, 5.74) is 0.522. The van der Waals surface area contributed by atoms with Crippen molar-refractivity contribution in [3.8, 4) is 11.5 Å². The van der Waals surface area contributed by atoms with Gasteiger partial charge in [-0.15, -0.1) is 0 Å². The fourth-order valence-electron chi connectivity index (χ4n) is 3.10. The summed E-state index contributed by atoms with van der Waals surface area (Å²) in [6.07, 6.45) is 1.24. The van der Waals surface area contributed by atoms with Crippen LogP contribution in [-0.4, -0.2) is 70.4 Å². The molecule has 12 nitrogen and oxygen atoms in total. The highest BCUT2D eigenvalue weighted by molar-refractivity contribution is 7.89. The fourth-order valence-corrected chi connectivity index (χ4v) is 3.91. The quantitative estimate of drug-likeness (QED) is 0.314. The molecule has 0 radical (unpaired) electrons. The maximum atomic E-state index is 12.4. The number of benzene rings is 2. The second kappa shape index (κ2) is 10.9. The Labute approximate surface area is 196 Å². The van der Waals surface area contributed by atoms with Crippen LogP contribution in [0.2, 0.25) is 0 Å². The fraction of sp³-hybridized carbons (Fsp3) is 0.333. The van der Waals surface area contributed by atoms with Gasteiger partial charge in [0.25, 0.3) is 21.6 Å². The van der Waals surface area contributed by atoms with Crippen LogP contribution in [0.5, 0.6) is 11.5 Å². The number of carbonyl (C=O) groups excluding carboxylic acids is 1. The maximum absolute atomic E-state index is 12.4. The van der Waals surface area contributed by atoms with Gasteiger partial charge < -0.3 is 19.1 Å². The molecule has 0 saturated carbocycles. The van der Waals surface area contributed by atoms with Gasteiger partial charge in [0, 0.05) is 24.7 Å². The number of nitrogens with zero attached hydrogens (tertiary/aromatic N) is 3. The van der Waals surface area contributed by atoms with Gasteiger partial charge in [0.05, 0.1) is 36.4 Å². The van der Waals surface area contributed by atoms with Crippen LogP contribution in [0.1, 0.15) is 11.1 Å². The lowest BCUT2D eigenvalue weighted by molar-refractivity contribution is -0.385. The van der Waals surface area contributed by atoms with Crippen molar-refractivity contribution in [2.24, 2.45) is 5.10 Å². The molecule has 2 aromatic carbocycles. The highest BCUT2D eigenvalue weighted by Gasteiger charge is 2.20. The van der Waals surface area contributed by atoms with Crippen molar-refractivity contribution < 1.29 is 32.3 Å². The number of sulfonamides is 1. The third-order valence-corrected chi connectivity index (χ3v) is 6.20. The SMILES string of the molecule is COc1cc(/C=N/NS(=O)(=O)c2ccc(C)c([N+](=O)[O-])c2)ccc1OCC(=O)N1CCOCC1. The third-order valence-electron chi connectivity index (χ3n) is 4.98. The van der Waals surface area contributed by atoms with Crippen molar-refractivity contribution in [2.75, 3.05) is 40.0 Å². The van der Waals surface area contributed by atoms with Gasteiger partial charge in [-0.3, -0.25) is 14.9 Å². The molecular formula is C21H24N4O8S. The average Bonchev–Trinajstić information content (AvgIpc) is 2.83. The van der Waals surface area contributed by atoms with Crippen LogP contribution in [0.15, 0.2) is 46.4 Å². The van der Waals surface area contributed by atoms with Crippen molar-refractivity contribution in [3.05, 3.63) is 57.6 Å². The molecule has 3 rings (SSSR count). The Morgan fingerprint density at radius 3 is 2.65 bits per heavy atom. The van der Waals surface area contributed by atoms with Crippen molar-refractivity contribution in [2.45, 2.75) is 11.8 Å². The van der Waals surface area contributed by atoms with Gasteiger partial charge in [-0.25, -0.2) is 4.83 Å². The number of rotatable bonds is 9. The Morgan fingerprint density at radius 2 is 1.97 bits per heavy atom. The summed E-state index contributed by atoms with van der Waals surface area (Å²) in [4.78, 5) is 26.1. The number of aryl methyl sites for hydroxylation is 1. The number of nitrogens with one attached hydrogen (secondary N) is 1. The van der Waals surface area contributed by atoms with Crippen molar-refractivity contribution >= 4 is 27.8 Å². The first kappa shape index (κ1) is 24.9. The van der Waals surface area contributed by atoms with E-state index in [0.717, 1.165) is 6.07 Å². The molecule has 34 heavy (non-hydrogen) atoms. The zero-order valence-electron chi connectivity index (χ0n) is 18.6. The third kappa shape index (κ3) is 6.20. The Hall–Kier alpha value is -3.71. The van der Waals surface area contributed by atoms with E-state index in [4.69, 9.17) is 14.2 Å². The van der Waals surface area contributed by atoms with E-state index in [9.17, 15) is 23.3 Å². The molecule has 0 bridgehead atoms. The van der Waals surface area contributed by atoms with Gasteiger partial charge in [0.15, 0.2) is 18.1 Å². The number of hydrogen-bond donors (Lipinski definition) is 1. The number of nitro groups is 1. The molecule has 2 aromatic rings. The molecule has 1 aliphatic heterocycles. The van der Waals surface area contributed by atoms with E-state index < -0.39 is 14.9 Å². The first-order valence-electron chi connectivity index (χ1n) is 10.2. The first-order valence-corrected chi connectivity index (χ1v) is 11.7. The van der Waals surface area contributed by atoms with Gasteiger partial charge >= 0.3 is 0 Å². The lowest BCUT2D eigenvalue weighted by atomic mass is 10.2. The minimum absolute atomic E-state index is 0.160. The molecular weight excluding hydrogens is 468 g/mol. The highest BCUT2D eigenvalue weighted by atomic mass is 32.2. The lowest BCUT2D eigenvalue weighted by Gasteiger charge is -2.26.